The van der Waals surface area contributed by atoms with E-state index in [1.807, 2.05) is 0 Å². The highest BCUT2D eigenvalue weighted by Gasteiger charge is 2.14. The van der Waals surface area contributed by atoms with E-state index in [-0.39, 0.29) is 23.1 Å². The summed E-state index contributed by atoms with van der Waals surface area (Å²) in [5, 5.41) is 26.7. The van der Waals surface area contributed by atoms with Crippen molar-refractivity contribution < 1.29 is 18.6 Å². The normalized spacial score (nSPS) is 11.6. The van der Waals surface area contributed by atoms with Gasteiger partial charge in [0.15, 0.2) is 0 Å². The van der Waals surface area contributed by atoms with E-state index < -0.39 is 10.0 Å². The predicted molar refractivity (Wildman–Crippen MR) is 99.7 cm³/mol. The average molecular weight is 384 g/mol. The Morgan fingerprint density at radius 3 is 2.33 bits per heavy atom. The van der Waals surface area contributed by atoms with Crippen LogP contribution in [-0.4, -0.2) is 23.6 Å². The summed E-state index contributed by atoms with van der Waals surface area (Å²) in [5.74, 6) is 0.208. The van der Waals surface area contributed by atoms with Crippen molar-refractivity contribution in [1.29, 1.82) is 0 Å². The fraction of sp³-hybridized carbons (Fsp3) is 0.0556. The molecule has 0 saturated carbocycles. The van der Waals surface area contributed by atoms with Crippen LogP contribution in [0.25, 0.3) is 0 Å². The SMILES string of the molecule is O=S(=O)(Nc1ccccn1)c1ccc(N=Nc2ccc(O)c(CO)c2)cc1. The van der Waals surface area contributed by atoms with Crippen molar-refractivity contribution in [3.8, 4) is 5.75 Å². The number of hydrogen-bond donors (Lipinski definition) is 3. The van der Waals surface area contributed by atoms with Crippen LogP contribution in [0.3, 0.4) is 0 Å². The number of hydrogen-bond acceptors (Lipinski definition) is 7. The van der Waals surface area contributed by atoms with Crippen molar-refractivity contribution in [1.82, 2.24) is 4.98 Å². The highest BCUT2D eigenvalue weighted by atomic mass is 32.2. The Morgan fingerprint density at radius 1 is 0.963 bits per heavy atom. The quantitative estimate of drug-likeness (QED) is 0.561. The minimum absolute atomic E-state index is 0.0218. The molecule has 138 valence electrons. The van der Waals surface area contributed by atoms with Crippen molar-refractivity contribution in [3.05, 3.63) is 72.4 Å². The third-order valence-corrected chi connectivity index (χ3v) is 4.94. The molecule has 9 heteroatoms. The number of rotatable bonds is 6. The van der Waals surface area contributed by atoms with Crippen LogP contribution < -0.4 is 4.72 Å². The summed E-state index contributed by atoms with van der Waals surface area (Å²) in [6.45, 7) is -0.314. The molecule has 0 saturated heterocycles. The zero-order valence-corrected chi connectivity index (χ0v) is 14.8. The van der Waals surface area contributed by atoms with E-state index in [2.05, 4.69) is 19.9 Å². The minimum Gasteiger partial charge on any atom is -0.508 e. The molecule has 3 aromatic rings. The molecule has 0 aliphatic carbocycles. The van der Waals surface area contributed by atoms with Gasteiger partial charge in [-0.05, 0) is 54.6 Å². The number of aromatic nitrogens is 1. The lowest BCUT2D eigenvalue weighted by Crippen LogP contribution is -2.13. The number of pyridine rings is 1. The summed E-state index contributed by atoms with van der Waals surface area (Å²) in [4.78, 5) is 4.00. The van der Waals surface area contributed by atoms with Crippen molar-refractivity contribution >= 4 is 27.2 Å². The summed E-state index contributed by atoms with van der Waals surface area (Å²) in [5.41, 5.74) is 1.24. The van der Waals surface area contributed by atoms with Crippen LogP contribution in [0.5, 0.6) is 5.75 Å². The Kier molecular flexibility index (Phi) is 5.43. The predicted octanol–water partition coefficient (Wildman–Crippen LogP) is 3.50. The van der Waals surface area contributed by atoms with Crippen LogP contribution in [0.1, 0.15) is 5.56 Å². The van der Waals surface area contributed by atoms with Gasteiger partial charge in [0, 0.05) is 11.8 Å². The third-order valence-electron chi connectivity index (χ3n) is 3.57. The molecule has 0 aliphatic heterocycles. The van der Waals surface area contributed by atoms with Crippen molar-refractivity contribution in [2.75, 3.05) is 4.72 Å². The molecule has 3 N–H and O–H groups in total. The average Bonchev–Trinajstić information content (AvgIpc) is 2.68. The number of sulfonamides is 1. The lowest BCUT2D eigenvalue weighted by Gasteiger charge is -2.07. The van der Waals surface area contributed by atoms with E-state index in [4.69, 9.17) is 5.11 Å². The molecule has 1 aromatic heterocycles. The summed E-state index contributed by atoms with van der Waals surface area (Å²) in [6, 6.07) is 15.3. The van der Waals surface area contributed by atoms with Gasteiger partial charge in [-0.2, -0.15) is 10.2 Å². The largest absolute Gasteiger partial charge is 0.508 e. The maximum Gasteiger partial charge on any atom is 0.263 e. The molecule has 1 heterocycles. The first-order chi connectivity index (χ1) is 13.0. The summed E-state index contributed by atoms with van der Waals surface area (Å²) >= 11 is 0. The Bertz CT molecular complexity index is 1050. The summed E-state index contributed by atoms with van der Waals surface area (Å²) in [7, 11) is -3.75. The summed E-state index contributed by atoms with van der Waals surface area (Å²) in [6.07, 6.45) is 1.49. The van der Waals surface area contributed by atoms with E-state index in [1.54, 1.807) is 24.3 Å². The van der Waals surface area contributed by atoms with E-state index in [0.717, 1.165) is 0 Å². The maximum absolute atomic E-state index is 12.3. The van der Waals surface area contributed by atoms with Crippen LogP contribution in [0.4, 0.5) is 17.2 Å². The fourth-order valence-electron chi connectivity index (χ4n) is 2.19. The van der Waals surface area contributed by atoms with Crippen molar-refractivity contribution in [2.45, 2.75) is 11.5 Å². The van der Waals surface area contributed by atoms with Gasteiger partial charge in [-0.3, -0.25) is 4.72 Å². The van der Waals surface area contributed by atoms with E-state index in [9.17, 15) is 13.5 Å². The van der Waals surface area contributed by atoms with Crippen LogP contribution in [0, 0.1) is 0 Å². The number of azo groups is 1. The second kappa shape index (κ2) is 7.94. The zero-order chi connectivity index (χ0) is 19.3. The first kappa shape index (κ1) is 18.5. The molecule has 0 bridgehead atoms. The molecule has 8 nitrogen and oxygen atoms in total. The molecule has 3 rings (SSSR count). The molecule has 2 aromatic carbocycles. The highest BCUT2D eigenvalue weighted by molar-refractivity contribution is 7.92. The molecule has 27 heavy (non-hydrogen) atoms. The molecule has 0 amide bonds. The first-order valence-electron chi connectivity index (χ1n) is 7.86. The zero-order valence-electron chi connectivity index (χ0n) is 14.0. The van der Waals surface area contributed by atoms with Crippen LogP contribution in [-0.2, 0) is 16.6 Å². The third kappa shape index (κ3) is 4.66. The van der Waals surface area contributed by atoms with Gasteiger partial charge in [-0.15, -0.1) is 0 Å². The standard InChI is InChI=1S/C18H16N4O4S/c23-12-13-11-15(6-9-17(13)24)21-20-14-4-7-16(8-5-14)27(25,26)22-18-3-1-2-10-19-18/h1-11,23-24H,12H2,(H,19,22). The molecule has 0 unspecified atom stereocenters. The van der Waals surface area contributed by atoms with Crippen molar-refractivity contribution in [3.63, 3.8) is 0 Å². The van der Waals surface area contributed by atoms with Gasteiger partial charge in [0.2, 0.25) is 0 Å². The van der Waals surface area contributed by atoms with Gasteiger partial charge in [-0.1, -0.05) is 6.07 Å². The van der Waals surface area contributed by atoms with Gasteiger partial charge in [-0.25, -0.2) is 13.4 Å². The van der Waals surface area contributed by atoms with Gasteiger partial charge in [0.25, 0.3) is 10.0 Å². The number of anilines is 1. The molecule has 0 aliphatic rings. The fourth-order valence-corrected chi connectivity index (χ4v) is 3.20. The number of nitrogens with zero attached hydrogens (tertiary/aromatic N) is 3. The second-order valence-electron chi connectivity index (χ2n) is 5.49. The maximum atomic E-state index is 12.3. The number of aliphatic hydroxyl groups is 1. The lowest BCUT2D eigenvalue weighted by molar-refractivity contribution is 0.275. The Hall–Kier alpha value is -3.30. The van der Waals surface area contributed by atoms with Gasteiger partial charge in [0.05, 0.1) is 22.9 Å². The van der Waals surface area contributed by atoms with E-state index >= 15 is 0 Å². The monoisotopic (exact) mass is 384 g/mol. The molecule has 0 spiro atoms. The van der Waals surface area contributed by atoms with Crippen LogP contribution >= 0.6 is 0 Å². The Labute approximate surface area is 155 Å². The molecule has 0 atom stereocenters. The smallest absolute Gasteiger partial charge is 0.263 e. The Morgan fingerprint density at radius 2 is 1.67 bits per heavy atom. The van der Waals surface area contributed by atoms with E-state index in [0.29, 0.717) is 16.9 Å². The van der Waals surface area contributed by atoms with Gasteiger partial charge >= 0.3 is 0 Å². The first-order valence-corrected chi connectivity index (χ1v) is 9.35. The summed E-state index contributed by atoms with van der Waals surface area (Å²) < 4.78 is 27.1. The topological polar surface area (TPSA) is 124 Å². The number of aliphatic hydroxyl groups excluding tert-OH is 1. The molecular weight excluding hydrogens is 368 g/mol. The molecule has 0 radical (unpaired) electrons. The number of phenols is 1. The molecule has 0 fully saturated rings. The van der Waals surface area contributed by atoms with Gasteiger partial charge in [0.1, 0.15) is 11.6 Å². The number of aromatic hydroxyl groups is 1. The van der Waals surface area contributed by atoms with Crippen molar-refractivity contribution in [2.24, 2.45) is 10.2 Å². The second-order valence-corrected chi connectivity index (χ2v) is 7.17. The van der Waals surface area contributed by atoms with Crippen LogP contribution in [0.2, 0.25) is 0 Å². The van der Waals surface area contributed by atoms with Crippen LogP contribution in [0.15, 0.2) is 82.0 Å². The van der Waals surface area contributed by atoms with E-state index in [1.165, 1.54) is 42.6 Å². The lowest BCUT2D eigenvalue weighted by atomic mass is 10.2. The Balaban J connectivity index is 1.75. The molecular formula is C18H16N4O4S. The number of nitrogens with one attached hydrogen (secondary N) is 1. The highest BCUT2D eigenvalue weighted by Crippen LogP contribution is 2.25. The van der Waals surface area contributed by atoms with Gasteiger partial charge < -0.3 is 10.2 Å². The minimum atomic E-state index is -3.75. The number of benzene rings is 2.